The molecule has 0 unspecified atom stereocenters. The van der Waals surface area contributed by atoms with Crippen LogP contribution < -0.4 is 5.32 Å². The molecule has 0 bridgehead atoms. The molecule has 0 saturated heterocycles. The Balaban J connectivity index is 2.08. The second-order valence-electron chi connectivity index (χ2n) is 3.92. The van der Waals surface area contributed by atoms with Gasteiger partial charge in [-0.2, -0.15) is 0 Å². The maximum Gasteiger partial charge on any atom is 0.293 e. The molecule has 0 aliphatic heterocycles. The molecule has 0 aliphatic carbocycles. The monoisotopic (exact) mass is 470 g/mol. The minimum absolute atomic E-state index is 0.108. The number of hydrogen-bond acceptors (Lipinski definition) is 4. The molecule has 0 atom stereocenters. The first kappa shape index (κ1) is 15.6. The highest BCUT2D eigenvalue weighted by molar-refractivity contribution is 14.1. The Morgan fingerprint density at radius 1 is 1.45 bits per heavy atom. The number of hydrogen-bond donors (Lipinski definition) is 1. The van der Waals surface area contributed by atoms with E-state index >= 15 is 0 Å². The van der Waals surface area contributed by atoms with Crippen LogP contribution in [0.5, 0.6) is 0 Å². The van der Waals surface area contributed by atoms with Gasteiger partial charge in [-0.25, -0.2) is 4.39 Å². The van der Waals surface area contributed by atoms with Crippen LogP contribution in [0.4, 0.5) is 15.8 Å². The van der Waals surface area contributed by atoms with Crippen LogP contribution in [0.25, 0.3) is 0 Å². The van der Waals surface area contributed by atoms with Crippen LogP contribution in [0.3, 0.4) is 0 Å². The van der Waals surface area contributed by atoms with E-state index in [0.29, 0.717) is 6.54 Å². The lowest BCUT2D eigenvalue weighted by Crippen LogP contribution is -2.07. The number of anilines is 1. The molecule has 0 amide bonds. The summed E-state index contributed by atoms with van der Waals surface area (Å²) in [6.45, 7) is 0.508. The fourth-order valence-corrected chi connectivity index (χ4v) is 3.57. The zero-order valence-corrected chi connectivity index (χ0v) is 14.6. The first-order chi connectivity index (χ1) is 9.47. The van der Waals surface area contributed by atoms with Crippen molar-refractivity contribution in [1.82, 2.24) is 0 Å². The number of rotatable bonds is 5. The van der Waals surface area contributed by atoms with E-state index in [1.165, 1.54) is 12.1 Å². The topological polar surface area (TPSA) is 55.2 Å². The van der Waals surface area contributed by atoms with E-state index < -0.39 is 10.7 Å². The lowest BCUT2D eigenvalue weighted by molar-refractivity contribution is -0.384. The van der Waals surface area contributed by atoms with Gasteiger partial charge in [-0.15, -0.1) is 11.3 Å². The lowest BCUT2D eigenvalue weighted by atomic mass is 10.2. The Hall–Kier alpha value is -0.740. The van der Waals surface area contributed by atoms with E-state index in [9.17, 15) is 14.5 Å². The van der Waals surface area contributed by atoms with Crippen molar-refractivity contribution in [3.63, 3.8) is 0 Å². The summed E-state index contributed by atoms with van der Waals surface area (Å²) in [5.74, 6) is -0.461. The van der Waals surface area contributed by atoms with Crippen molar-refractivity contribution in [3.8, 4) is 0 Å². The number of nitrogens with zero attached hydrogens (tertiary/aromatic N) is 1. The normalized spacial score (nSPS) is 10.6. The van der Waals surface area contributed by atoms with Crippen molar-refractivity contribution in [3.05, 3.63) is 52.4 Å². The van der Waals surface area contributed by atoms with Gasteiger partial charge in [-0.3, -0.25) is 10.1 Å². The Bertz CT molecular complexity index is 650. The van der Waals surface area contributed by atoms with Crippen LogP contribution in [0.1, 0.15) is 4.88 Å². The van der Waals surface area contributed by atoms with Crippen molar-refractivity contribution in [2.75, 3.05) is 11.9 Å². The van der Waals surface area contributed by atoms with E-state index in [0.717, 1.165) is 15.1 Å². The fourth-order valence-electron chi connectivity index (χ4n) is 1.64. The molecule has 0 spiro atoms. The maximum absolute atomic E-state index is 13.5. The van der Waals surface area contributed by atoms with Gasteiger partial charge < -0.3 is 5.32 Å². The van der Waals surface area contributed by atoms with Gasteiger partial charge in [0.2, 0.25) is 0 Å². The van der Waals surface area contributed by atoms with E-state index in [2.05, 4.69) is 21.2 Å². The highest BCUT2D eigenvalue weighted by Crippen LogP contribution is 2.29. The molecule has 0 fully saturated rings. The minimum atomic E-state index is -0.508. The molecule has 0 saturated carbocycles. The van der Waals surface area contributed by atoms with Crippen LogP contribution in [-0.2, 0) is 6.42 Å². The third-order valence-electron chi connectivity index (χ3n) is 2.55. The number of benzene rings is 1. The summed E-state index contributed by atoms with van der Waals surface area (Å²) in [5, 5.41) is 13.9. The Labute approximate surface area is 140 Å². The van der Waals surface area contributed by atoms with Crippen molar-refractivity contribution in [2.24, 2.45) is 0 Å². The van der Waals surface area contributed by atoms with Gasteiger partial charge in [0.15, 0.2) is 0 Å². The molecule has 8 heteroatoms. The summed E-state index contributed by atoms with van der Waals surface area (Å²) in [6.07, 6.45) is 0.723. The van der Waals surface area contributed by atoms with Crippen LogP contribution in [0.15, 0.2) is 28.1 Å². The number of halogens is 3. The summed E-state index contributed by atoms with van der Waals surface area (Å²) >= 11 is 6.72. The van der Waals surface area contributed by atoms with Crippen molar-refractivity contribution >= 4 is 61.2 Å². The average Bonchev–Trinajstić information content (AvgIpc) is 2.79. The molecule has 20 heavy (non-hydrogen) atoms. The fraction of sp³-hybridized carbons (Fsp3) is 0.167. The van der Waals surface area contributed by atoms with E-state index in [-0.39, 0.29) is 14.9 Å². The molecule has 2 aromatic rings. The average molecular weight is 471 g/mol. The molecular formula is C12H9BrFIN2O2S. The zero-order chi connectivity index (χ0) is 14.7. The van der Waals surface area contributed by atoms with Crippen LogP contribution in [0, 0.1) is 19.5 Å². The molecule has 106 valence electrons. The molecule has 1 aromatic carbocycles. The predicted molar refractivity (Wildman–Crippen MR) is 90.0 cm³/mol. The molecule has 0 aliphatic rings. The van der Waals surface area contributed by atoms with Crippen molar-refractivity contribution in [2.45, 2.75) is 6.42 Å². The number of nitro benzene ring substituents is 1. The zero-order valence-electron chi connectivity index (χ0n) is 10.0. The van der Waals surface area contributed by atoms with Crippen molar-refractivity contribution < 1.29 is 9.31 Å². The molecular weight excluding hydrogens is 462 g/mol. The molecule has 1 N–H and O–H groups in total. The quantitative estimate of drug-likeness (QED) is 0.387. The maximum atomic E-state index is 13.5. The highest BCUT2D eigenvalue weighted by Gasteiger charge is 2.17. The van der Waals surface area contributed by atoms with Gasteiger partial charge in [0.1, 0.15) is 11.5 Å². The smallest absolute Gasteiger partial charge is 0.293 e. The van der Waals surface area contributed by atoms with Gasteiger partial charge >= 0.3 is 0 Å². The first-order valence-corrected chi connectivity index (χ1v) is 8.27. The SMILES string of the molecule is O=[N+]([O-])c1cc(I)c(F)cc1NCCc1ccc(Br)s1. The van der Waals surface area contributed by atoms with Crippen LogP contribution in [-0.4, -0.2) is 11.5 Å². The van der Waals surface area contributed by atoms with Gasteiger partial charge in [0, 0.05) is 23.6 Å². The molecule has 1 heterocycles. The number of nitro groups is 1. The Kier molecular flexibility index (Phi) is 5.33. The Morgan fingerprint density at radius 2 is 2.20 bits per heavy atom. The molecule has 0 radical (unpaired) electrons. The predicted octanol–water partition coefficient (Wildman–Crippen LogP) is 4.82. The lowest BCUT2D eigenvalue weighted by Gasteiger charge is -2.07. The van der Waals surface area contributed by atoms with Gasteiger partial charge in [0.05, 0.1) is 12.3 Å². The second-order valence-corrected chi connectivity index (χ2v) is 7.63. The largest absolute Gasteiger partial charge is 0.379 e. The third kappa shape index (κ3) is 3.89. The molecule has 2 rings (SSSR count). The number of thiophene rings is 1. The van der Waals surface area contributed by atoms with E-state index in [1.807, 2.05) is 12.1 Å². The summed E-state index contributed by atoms with van der Waals surface area (Å²) in [5.41, 5.74) is 0.103. The second kappa shape index (κ2) is 6.81. The third-order valence-corrected chi connectivity index (χ3v) is 5.06. The summed E-state index contributed by atoms with van der Waals surface area (Å²) in [4.78, 5) is 11.6. The van der Waals surface area contributed by atoms with Crippen LogP contribution in [0.2, 0.25) is 0 Å². The number of nitrogens with one attached hydrogen (secondary N) is 1. The summed E-state index contributed by atoms with van der Waals surface area (Å²) in [6, 6.07) is 6.34. The molecule has 4 nitrogen and oxygen atoms in total. The van der Waals surface area contributed by atoms with E-state index in [1.54, 1.807) is 33.9 Å². The van der Waals surface area contributed by atoms with Crippen LogP contribution >= 0.6 is 49.9 Å². The summed E-state index contributed by atoms with van der Waals surface area (Å²) < 4.78 is 14.8. The minimum Gasteiger partial charge on any atom is -0.379 e. The van der Waals surface area contributed by atoms with E-state index in [4.69, 9.17) is 0 Å². The summed E-state index contributed by atoms with van der Waals surface area (Å²) in [7, 11) is 0. The molecule has 1 aromatic heterocycles. The van der Waals surface area contributed by atoms with Crippen molar-refractivity contribution in [1.29, 1.82) is 0 Å². The van der Waals surface area contributed by atoms with Gasteiger partial charge in [-0.05, 0) is 57.1 Å². The van der Waals surface area contributed by atoms with Gasteiger partial charge in [0.25, 0.3) is 5.69 Å². The van der Waals surface area contributed by atoms with Gasteiger partial charge in [-0.1, -0.05) is 0 Å². The first-order valence-electron chi connectivity index (χ1n) is 5.59. The Morgan fingerprint density at radius 3 is 2.80 bits per heavy atom. The highest BCUT2D eigenvalue weighted by atomic mass is 127. The standard InChI is InChI=1S/C12H9BrFIN2O2S/c13-12-2-1-7(20-12)3-4-16-10-5-8(14)9(15)6-11(10)17(18)19/h1-2,5-6,16H,3-4H2.